The van der Waals surface area contributed by atoms with Crippen LogP contribution in [0.1, 0.15) is 12.5 Å². The van der Waals surface area contributed by atoms with Gasteiger partial charge in [-0.1, -0.05) is 19.1 Å². The van der Waals surface area contributed by atoms with Crippen LogP contribution < -0.4 is 4.74 Å². The van der Waals surface area contributed by atoms with Crippen LogP contribution in [0.3, 0.4) is 0 Å². The van der Waals surface area contributed by atoms with Gasteiger partial charge in [-0.15, -0.1) is 0 Å². The number of hydrogen-bond donors (Lipinski definition) is 1. The zero-order valence-electron chi connectivity index (χ0n) is 20.8. The molecule has 1 unspecified atom stereocenters. The van der Waals surface area contributed by atoms with Gasteiger partial charge in [0.2, 0.25) is 0 Å². The van der Waals surface area contributed by atoms with Crippen LogP contribution in [0.25, 0.3) is 33.1 Å². The van der Waals surface area contributed by atoms with E-state index >= 15 is 0 Å². The summed E-state index contributed by atoms with van der Waals surface area (Å²) in [7, 11) is -0.133. The van der Waals surface area contributed by atoms with E-state index in [-0.39, 0.29) is 0 Å². The number of likely N-dealkylation sites (N-methyl/N-ethyl adjacent to an activating group) is 1. The van der Waals surface area contributed by atoms with E-state index in [0.717, 1.165) is 82.0 Å². The minimum atomic E-state index is -2.30. The Morgan fingerprint density at radius 1 is 1.14 bits per heavy atom. The molecule has 1 aliphatic rings. The molecule has 5 rings (SSSR count). The number of aromatic nitrogens is 2. The predicted octanol–water partition coefficient (Wildman–Crippen LogP) is 4.41. The second-order valence-corrected chi connectivity index (χ2v) is 12.2. The molecule has 6 nitrogen and oxygen atoms in total. The summed E-state index contributed by atoms with van der Waals surface area (Å²) in [5, 5.41) is 2.15. The molecule has 0 bridgehead atoms. The topological polar surface area (TPSA) is 61.5 Å². The first-order valence-electron chi connectivity index (χ1n) is 12.3. The minimum Gasteiger partial charge on any atom is -0.490 e. The molecule has 0 amide bonds. The first-order valence-corrected chi connectivity index (χ1v) is 14.2. The second kappa shape index (κ2) is 9.64. The van der Waals surface area contributed by atoms with Crippen LogP contribution in [-0.2, 0) is 9.52 Å². The van der Waals surface area contributed by atoms with Crippen LogP contribution >= 0.6 is 0 Å². The molecule has 0 saturated carbocycles. The molecule has 3 heterocycles. The van der Waals surface area contributed by atoms with Gasteiger partial charge >= 0.3 is 0 Å². The summed E-state index contributed by atoms with van der Waals surface area (Å²) < 4.78 is 19.3. The highest BCUT2D eigenvalue weighted by molar-refractivity contribution is 8.00. The van der Waals surface area contributed by atoms with Gasteiger partial charge in [-0.2, -0.15) is 0 Å². The molecule has 0 radical (unpaired) electrons. The SMILES string of the molecule is C=S(=O)(CC)c1cccc(-c2ccc(OCCN3CCN(C)CC3)c3[nH]c4ncc(C)cc4c23)c1. The van der Waals surface area contributed by atoms with Crippen molar-refractivity contribution in [2.45, 2.75) is 18.7 Å². The third-order valence-electron chi connectivity index (χ3n) is 7.01. The lowest BCUT2D eigenvalue weighted by Crippen LogP contribution is -2.45. The number of hydrogen-bond acceptors (Lipinski definition) is 5. The molecule has 2 aromatic heterocycles. The molecule has 1 N–H and O–H groups in total. The van der Waals surface area contributed by atoms with Crippen molar-refractivity contribution in [2.24, 2.45) is 0 Å². The first-order chi connectivity index (χ1) is 16.9. The van der Waals surface area contributed by atoms with Crippen molar-refractivity contribution in [2.75, 3.05) is 52.1 Å². The zero-order valence-corrected chi connectivity index (χ0v) is 21.7. The number of rotatable bonds is 7. The summed E-state index contributed by atoms with van der Waals surface area (Å²) in [6, 6.07) is 14.3. The van der Waals surface area contributed by atoms with Gasteiger partial charge in [0.15, 0.2) is 0 Å². The lowest BCUT2D eigenvalue weighted by Gasteiger charge is -2.32. The standard InChI is InChI=1S/C28H34N4O2S/c1-5-35(4,33)22-8-6-7-21(18-22)23-9-10-25(34-16-15-32-13-11-31(3)12-14-32)27-26(23)24-17-20(2)19-29-28(24)30-27/h6-10,17-19H,4-5,11-16H2,1-3H3,(H,29,30). The van der Waals surface area contributed by atoms with Gasteiger partial charge < -0.3 is 14.6 Å². The first kappa shape index (κ1) is 23.9. The maximum absolute atomic E-state index is 13.0. The number of nitrogens with one attached hydrogen (secondary N) is 1. The Morgan fingerprint density at radius 2 is 1.94 bits per heavy atom. The number of aromatic amines is 1. The van der Waals surface area contributed by atoms with Gasteiger partial charge in [-0.05, 0) is 76.4 Å². The average molecular weight is 491 g/mol. The van der Waals surface area contributed by atoms with E-state index in [4.69, 9.17) is 4.74 Å². The summed E-state index contributed by atoms with van der Waals surface area (Å²) in [5.74, 6) is 5.33. The summed E-state index contributed by atoms with van der Waals surface area (Å²) in [6.45, 7) is 9.87. The van der Waals surface area contributed by atoms with E-state index in [1.807, 2.05) is 37.4 Å². The highest BCUT2D eigenvalue weighted by atomic mass is 32.2. The Kier molecular flexibility index (Phi) is 6.57. The van der Waals surface area contributed by atoms with E-state index in [1.54, 1.807) is 0 Å². The summed E-state index contributed by atoms with van der Waals surface area (Å²) >= 11 is 0. The van der Waals surface area contributed by atoms with Crippen LogP contribution in [0.2, 0.25) is 0 Å². The van der Waals surface area contributed by atoms with Gasteiger partial charge in [0.25, 0.3) is 0 Å². The summed E-state index contributed by atoms with van der Waals surface area (Å²) in [5.41, 5.74) is 4.98. The highest BCUT2D eigenvalue weighted by Crippen LogP contribution is 2.39. The lowest BCUT2D eigenvalue weighted by molar-refractivity contribution is 0.134. The maximum Gasteiger partial charge on any atom is 0.143 e. The van der Waals surface area contributed by atoms with E-state index in [0.29, 0.717) is 12.4 Å². The summed E-state index contributed by atoms with van der Waals surface area (Å²) in [6.07, 6.45) is 1.88. The molecule has 7 heteroatoms. The molecule has 1 saturated heterocycles. The zero-order chi connectivity index (χ0) is 24.6. The quantitative estimate of drug-likeness (QED) is 0.389. The number of fused-ring (bicyclic) bond motifs is 3. The van der Waals surface area contributed by atoms with Gasteiger partial charge in [0.1, 0.15) is 18.0 Å². The number of nitrogens with zero attached hydrogens (tertiary/aromatic N) is 3. The molecule has 184 valence electrons. The number of aryl methyl sites for hydroxylation is 1. The molecule has 4 aromatic rings. The number of H-pyrrole nitrogens is 1. The number of pyridine rings is 1. The van der Waals surface area contributed by atoms with E-state index in [9.17, 15) is 4.21 Å². The largest absolute Gasteiger partial charge is 0.490 e. The van der Waals surface area contributed by atoms with Crippen molar-refractivity contribution in [3.63, 3.8) is 0 Å². The number of piperazine rings is 1. The molecule has 0 aliphatic carbocycles. The highest BCUT2D eigenvalue weighted by Gasteiger charge is 2.18. The summed E-state index contributed by atoms with van der Waals surface area (Å²) in [4.78, 5) is 13.8. The van der Waals surface area contributed by atoms with Crippen molar-refractivity contribution in [1.82, 2.24) is 19.8 Å². The third-order valence-corrected chi connectivity index (χ3v) is 9.05. The van der Waals surface area contributed by atoms with Crippen LogP contribution in [0, 0.1) is 6.92 Å². The Hall–Kier alpha value is -2.87. The Bertz CT molecular complexity index is 1470. The van der Waals surface area contributed by atoms with Gasteiger partial charge in [-0.3, -0.25) is 9.11 Å². The molecule has 35 heavy (non-hydrogen) atoms. The maximum atomic E-state index is 13.0. The van der Waals surface area contributed by atoms with Gasteiger partial charge in [0, 0.05) is 60.3 Å². The molecular weight excluding hydrogens is 456 g/mol. The van der Waals surface area contributed by atoms with Crippen LogP contribution in [0.4, 0.5) is 0 Å². The van der Waals surface area contributed by atoms with Crippen LogP contribution in [0.15, 0.2) is 53.6 Å². The normalized spacial score (nSPS) is 17.1. The van der Waals surface area contributed by atoms with Crippen LogP contribution in [-0.4, -0.2) is 82.0 Å². The van der Waals surface area contributed by atoms with Gasteiger partial charge in [-0.25, -0.2) is 4.98 Å². The predicted molar refractivity (Wildman–Crippen MR) is 147 cm³/mol. The number of benzene rings is 2. The molecule has 1 atom stereocenters. The van der Waals surface area contributed by atoms with E-state index < -0.39 is 9.52 Å². The Morgan fingerprint density at radius 3 is 2.71 bits per heavy atom. The smallest absolute Gasteiger partial charge is 0.143 e. The van der Waals surface area contributed by atoms with Crippen molar-refractivity contribution in [3.8, 4) is 16.9 Å². The van der Waals surface area contributed by atoms with E-state index in [2.05, 4.69) is 57.8 Å². The van der Waals surface area contributed by atoms with Crippen molar-refractivity contribution in [3.05, 3.63) is 54.2 Å². The fraction of sp³-hybridized carbons (Fsp3) is 0.357. The molecule has 1 fully saturated rings. The Labute approximate surface area is 207 Å². The fourth-order valence-corrected chi connectivity index (χ4v) is 5.75. The number of ether oxygens (including phenoxy) is 1. The fourth-order valence-electron chi connectivity index (χ4n) is 4.74. The molecule has 1 aliphatic heterocycles. The van der Waals surface area contributed by atoms with Crippen molar-refractivity contribution >= 4 is 37.3 Å². The van der Waals surface area contributed by atoms with Crippen molar-refractivity contribution in [1.29, 1.82) is 0 Å². The minimum absolute atomic E-state index is 0.516. The molecule has 0 spiro atoms. The molecular formula is C28H34N4O2S. The van der Waals surface area contributed by atoms with Crippen LogP contribution in [0.5, 0.6) is 5.75 Å². The monoisotopic (exact) mass is 490 g/mol. The lowest BCUT2D eigenvalue weighted by atomic mass is 9.99. The van der Waals surface area contributed by atoms with Gasteiger partial charge in [0.05, 0.1) is 5.52 Å². The van der Waals surface area contributed by atoms with E-state index in [1.165, 1.54) is 0 Å². The average Bonchev–Trinajstić information content (AvgIpc) is 3.24. The van der Waals surface area contributed by atoms with Crippen molar-refractivity contribution < 1.29 is 8.95 Å². The second-order valence-electron chi connectivity index (χ2n) is 9.52. The third kappa shape index (κ3) is 4.81. The molecule has 2 aromatic carbocycles. The Balaban J connectivity index is 1.54.